The highest BCUT2D eigenvalue weighted by Crippen LogP contribution is 2.40. The molecule has 0 spiro atoms. The van der Waals surface area contributed by atoms with Gasteiger partial charge in [-0.3, -0.25) is 9.59 Å². The minimum Gasteiger partial charge on any atom is -0.486 e. The van der Waals surface area contributed by atoms with Crippen LogP contribution in [-0.2, 0) is 16.0 Å². The van der Waals surface area contributed by atoms with Gasteiger partial charge in [-0.15, -0.1) is 11.6 Å². The highest BCUT2D eigenvalue weighted by molar-refractivity contribution is 6.21. The lowest BCUT2D eigenvalue weighted by molar-refractivity contribution is -0.125. The number of aromatic nitrogens is 1. The van der Waals surface area contributed by atoms with Crippen molar-refractivity contribution in [1.29, 1.82) is 0 Å². The van der Waals surface area contributed by atoms with Crippen molar-refractivity contribution >= 4 is 35.3 Å². The molecule has 0 bridgehead atoms. The molecule has 2 amide bonds. The van der Waals surface area contributed by atoms with Crippen LogP contribution in [0.15, 0.2) is 42.6 Å². The summed E-state index contributed by atoms with van der Waals surface area (Å²) in [5.74, 6) is 1.21. The molecule has 6 nitrogen and oxygen atoms in total. The molecule has 2 atom stereocenters. The molecular weight excluding hydrogens is 378 g/mol. The Bertz CT molecular complexity index is 960. The third-order valence-electron chi connectivity index (χ3n) is 4.94. The molecule has 7 heteroatoms. The Morgan fingerprint density at radius 2 is 2.21 bits per heavy atom. The number of aryl methyl sites for hydroxylation is 1. The number of carbonyl (C=O) groups excluding carboxylic acids is 2. The van der Waals surface area contributed by atoms with Gasteiger partial charge < -0.3 is 15.0 Å². The quantitative estimate of drug-likeness (QED) is 0.635. The Hall–Kier alpha value is -2.86. The number of benzene rings is 1. The lowest BCUT2D eigenvalue weighted by Crippen LogP contribution is -2.36. The first-order valence-electron chi connectivity index (χ1n) is 9.13. The maximum Gasteiger partial charge on any atom is 0.246 e. The average Bonchev–Trinajstić information content (AvgIpc) is 3.01. The van der Waals surface area contributed by atoms with E-state index in [-0.39, 0.29) is 23.3 Å². The van der Waals surface area contributed by atoms with Gasteiger partial charge in [0.15, 0.2) is 0 Å². The van der Waals surface area contributed by atoms with E-state index in [2.05, 4.69) is 10.3 Å². The molecule has 1 N–H and O–H groups in total. The molecule has 28 heavy (non-hydrogen) atoms. The third-order valence-corrected chi connectivity index (χ3v) is 5.45. The molecule has 0 fully saturated rings. The number of halogens is 1. The highest BCUT2D eigenvalue weighted by Gasteiger charge is 2.33. The second-order valence-corrected chi connectivity index (χ2v) is 7.44. The standard InChI is InChI=1S/C21H20ClN3O3/c1-25(12-17-20(22)15-4-2-3-5-16(15)28-17)19(27)9-6-13-10-14-7-8-18(26)24-21(14)23-11-13/h2-6,9-11,17,20H,7-8,12H2,1H3,(H,23,24,26)/b9-6+. The smallest absolute Gasteiger partial charge is 0.246 e. The fourth-order valence-corrected chi connectivity index (χ4v) is 3.70. The molecule has 2 aliphatic rings. The van der Waals surface area contributed by atoms with Crippen LogP contribution in [0.3, 0.4) is 0 Å². The van der Waals surface area contributed by atoms with E-state index in [1.165, 1.54) is 6.08 Å². The molecular formula is C21H20ClN3O3. The molecule has 3 heterocycles. The average molecular weight is 398 g/mol. The molecule has 1 aromatic heterocycles. The molecule has 4 rings (SSSR count). The van der Waals surface area contributed by atoms with Gasteiger partial charge in [0.25, 0.3) is 0 Å². The number of hydrogen-bond donors (Lipinski definition) is 1. The summed E-state index contributed by atoms with van der Waals surface area (Å²) < 4.78 is 5.88. The first-order chi connectivity index (χ1) is 13.5. The number of hydrogen-bond acceptors (Lipinski definition) is 4. The summed E-state index contributed by atoms with van der Waals surface area (Å²) in [5, 5.41) is 2.46. The number of alkyl halides is 1. The van der Waals surface area contributed by atoms with E-state index < -0.39 is 0 Å². The summed E-state index contributed by atoms with van der Waals surface area (Å²) in [6.07, 6.45) is 5.70. The van der Waals surface area contributed by atoms with E-state index in [0.29, 0.717) is 25.2 Å². The first kappa shape index (κ1) is 18.5. The third kappa shape index (κ3) is 3.73. The number of fused-ring (bicyclic) bond motifs is 2. The lowest BCUT2D eigenvalue weighted by Gasteiger charge is -2.21. The summed E-state index contributed by atoms with van der Waals surface area (Å²) in [5.41, 5.74) is 2.75. The molecule has 0 aliphatic carbocycles. The van der Waals surface area contributed by atoms with Gasteiger partial charge in [-0.1, -0.05) is 18.2 Å². The maximum atomic E-state index is 12.5. The molecule has 2 aliphatic heterocycles. The van der Waals surface area contributed by atoms with Crippen LogP contribution in [0.1, 0.15) is 28.5 Å². The fourth-order valence-electron chi connectivity index (χ4n) is 3.39. The van der Waals surface area contributed by atoms with Crippen molar-refractivity contribution < 1.29 is 14.3 Å². The Morgan fingerprint density at radius 3 is 3.04 bits per heavy atom. The van der Waals surface area contributed by atoms with Crippen LogP contribution < -0.4 is 10.1 Å². The zero-order valence-corrected chi connectivity index (χ0v) is 16.1. The predicted octanol–water partition coefficient (Wildman–Crippen LogP) is 3.18. The van der Waals surface area contributed by atoms with E-state index in [0.717, 1.165) is 22.4 Å². The van der Waals surface area contributed by atoms with Gasteiger partial charge in [-0.2, -0.15) is 0 Å². The number of anilines is 1. The van der Waals surface area contributed by atoms with Crippen molar-refractivity contribution in [2.75, 3.05) is 18.9 Å². The highest BCUT2D eigenvalue weighted by atomic mass is 35.5. The van der Waals surface area contributed by atoms with Crippen LogP contribution in [0.4, 0.5) is 5.82 Å². The maximum absolute atomic E-state index is 12.5. The zero-order chi connectivity index (χ0) is 19.7. The Labute approximate surface area is 168 Å². The normalized spacial score (nSPS) is 20.3. The molecule has 0 radical (unpaired) electrons. The Kier molecular flexibility index (Phi) is 5.05. The number of nitrogens with one attached hydrogen (secondary N) is 1. The van der Waals surface area contributed by atoms with E-state index in [1.54, 1.807) is 24.2 Å². The van der Waals surface area contributed by atoms with E-state index in [1.807, 2.05) is 30.3 Å². The Balaban J connectivity index is 1.38. The number of likely N-dealkylation sites (N-methyl/N-ethyl adjacent to an activating group) is 1. The second-order valence-electron chi connectivity index (χ2n) is 6.97. The van der Waals surface area contributed by atoms with Crippen LogP contribution in [0.2, 0.25) is 0 Å². The van der Waals surface area contributed by atoms with Gasteiger partial charge in [0.1, 0.15) is 23.0 Å². The monoisotopic (exact) mass is 397 g/mol. The predicted molar refractivity (Wildman–Crippen MR) is 107 cm³/mol. The Morgan fingerprint density at radius 1 is 1.39 bits per heavy atom. The van der Waals surface area contributed by atoms with Crippen molar-refractivity contribution in [2.24, 2.45) is 0 Å². The van der Waals surface area contributed by atoms with Gasteiger partial charge in [-0.05, 0) is 35.8 Å². The van der Waals surface area contributed by atoms with Gasteiger partial charge in [0.2, 0.25) is 11.8 Å². The summed E-state index contributed by atoms with van der Waals surface area (Å²) in [6.45, 7) is 0.389. The van der Waals surface area contributed by atoms with E-state index in [9.17, 15) is 9.59 Å². The number of nitrogens with zero attached hydrogens (tertiary/aromatic N) is 2. The van der Waals surface area contributed by atoms with Crippen LogP contribution in [0.25, 0.3) is 6.08 Å². The summed E-state index contributed by atoms with van der Waals surface area (Å²) in [4.78, 5) is 29.7. The zero-order valence-electron chi connectivity index (χ0n) is 15.4. The molecule has 0 saturated heterocycles. The van der Waals surface area contributed by atoms with Crippen molar-refractivity contribution in [2.45, 2.75) is 24.3 Å². The molecule has 144 valence electrons. The minimum atomic E-state index is -0.282. The van der Waals surface area contributed by atoms with Crippen molar-refractivity contribution in [3.05, 3.63) is 59.3 Å². The number of amides is 2. The van der Waals surface area contributed by atoms with Crippen molar-refractivity contribution in [1.82, 2.24) is 9.88 Å². The minimum absolute atomic E-state index is 0.0195. The van der Waals surface area contributed by atoms with Gasteiger partial charge >= 0.3 is 0 Å². The number of ether oxygens (including phenoxy) is 1. The first-order valence-corrected chi connectivity index (χ1v) is 9.56. The van der Waals surface area contributed by atoms with E-state index >= 15 is 0 Å². The summed E-state index contributed by atoms with van der Waals surface area (Å²) in [7, 11) is 1.73. The topological polar surface area (TPSA) is 71.5 Å². The summed E-state index contributed by atoms with van der Waals surface area (Å²) in [6, 6.07) is 9.60. The molecule has 2 aromatic rings. The van der Waals surface area contributed by atoms with Gasteiger partial charge in [0, 0.05) is 31.3 Å². The molecule has 0 saturated carbocycles. The van der Waals surface area contributed by atoms with Gasteiger partial charge in [-0.25, -0.2) is 4.98 Å². The SMILES string of the molecule is CN(CC1Oc2ccccc2C1Cl)C(=O)/C=C/c1cnc2c(c1)CCC(=O)N2. The number of para-hydroxylation sites is 1. The molecule has 1 aromatic carbocycles. The van der Waals surface area contributed by atoms with Crippen LogP contribution in [0, 0.1) is 0 Å². The number of pyridine rings is 1. The summed E-state index contributed by atoms with van der Waals surface area (Å²) >= 11 is 6.49. The van der Waals surface area contributed by atoms with Crippen molar-refractivity contribution in [3.63, 3.8) is 0 Å². The van der Waals surface area contributed by atoms with Gasteiger partial charge in [0.05, 0.1) is 6.54 Å². The number of carbonyl (C=O) groups is 2. The largest absolute Gasteiger partial charge is 0.486 e. The van der Waals surface area contributed by atoms with Crippen LogP contribution in [0.5, 0.6) is 5.75 Å². The number of rotatable bonds is 4. The van der Waals surface area contributed by atoms with Crippen LogP contribution >= 0.6 is 11.6 Å². The van der Waals surface area contributed by atoms with Crippen molar-refractivity contribution in [3.8, 4) is 5.75 Å². The van der Waals surface area contributed by atoms with Crippen LogP contribution in [-0.4, -0.2) is 41.4 Å². The molecule has 2 unspecified atom stereocenters. The lowest BCUT2D eigenvalue weighted by atomic mass is 10.0. The van der Waals surface area contributed by atoms with E-state index in [4.69, 9.17) is 16.3 Å². The second kappa shape index (κ2) is 7.64. The fraction of sp³-hybridized carbons (Fsp3) is 0.286.